The molecule has 2 N–H and O–H groups in total. The number of anilines is 1. The van der Waals surface area contributed by atoms with Crippen LogP contribution in [0.15, 0.2) is 47.3 Å². The molecule has 0 saturated heterocycles. The van der Waals surface area contributed by atoms with Gasteiger partial charge in [-0.15, -0.1) is 0 Å². The number of hydrogen-bond acceptors (Lipinski definition) is 3. The Kier molecular flexibility index (Phi) is 3.60. The van der Waals surface area contributed by atoms with Crippen LogP contribution < -0.4 is 11.0 Å². The van der Waals surface area contributed by atoms with Gasteiger partial charge in [-0.25, -0.2) is 9.18 Å². The van der Waals surface area contributed by atoms with Gasteiger partial charge in [0.1, 0.15) is 11.5 Å². The number of carbonyl (C=O) groups excluding carboxylic acids is 1. The van der Waals surface area contributed by atoms with E-state index in [-0.39, 0.29) is 10.7 Å². The number of nitrogens with one attached hydrogen (secondary N) is 2. The maximum absolute atomic E-state index is 13.1. The molecule has 1 heterocycles. The Morgan fingerprint density at radius 2 is 2.00 bits per heavy atom. The second kappa shape index (κ2) is 5.57. The van der Waals surface area contributed by atoms with Gasteiger partial charge in [-0.05, 0) is 24.3 Å². The number of carbonyl (C=O) groups is 1. The molecule has 2 aromatic carbocycles. The largest absolute Gasteiger partial charge is 0.346 e. The molecule has 0 unspecified atom stereocenters. The molecular formula is C15H9ClFN3O2. The first-order valence-electron chi connectivity index (χ1n) is 6.30. The van der Waals surface area contributed by atoms with Crippen LogP contribution in [0.3, 0.4) is 0 Å². The van der Waals surface area contributed by atoms with Gasteiger partial charge in [0, 0.05) is 11.1 Å². The van der Waals surface area contributed by atoms with Gasteiger partial charge in [-0.3, -0.25) is 4.79 Å². The van der Waals surface area contributed by atoms with Crippen molar-refractivity contribution in [2.75, 3.05) is 5.32 Å². The highest BCUT2D eigenvalue weighted by Crippen LogP contribution is 2.20. The van der Waals surface area contributed by atoms with E-state index in [2.05, 4.69) is 15.3 Å². The Hall–Kier alpha value is -2.73. The number of halogens is 2. The van der Waals surface area contributed by atoms with E-state index in [1.165, 1.54) is 12.1 Å². The third-order valence-corrected chi connectivity index (χ3v) is 3.32. The van der Waals surface area contributed by atoms with Gasteiger partial charge in [0.2, 0.25) is 0 Å². The van der Waals surface area contributed by atoms with Gasteiger partial charge in [-0.2, -0.15) is 4.98 Å². The summed E-state index contributed by atoms with van der Waals surface area (Å²) < 4.78 is 13.1. The zero-order valence-electron chi connectivity index (χ0n) is 11.1. The predicted molar refractivity (Wildman–Crippen MR) is 81.7 cm³/mol. The molecule has 1 amide bonds. The number of aromatic amines is 1. The maximum Gasteiger partial charge on any atom is 0.346 e. The number of hydrogen-bond donors (Lipinski definition) is 2. The normalized spacial score (nSPS) is 10.6. The Morgan fingerprint density at radius 3 is 2.77 bits per heavy atom. The first kappa shape index (κ1) is 14.2. The molecule has 0 aliphatic carbocycles. The monoisotopic (exact) mass is 317 g/mol. The van der Waals surface area contributed by atoms with Crippen molar-refractivity contribution in [2.24, 2.45) is 0 Å². The van der Waals surface area contributed by atoms with Crippen LogP contribution in [-0.2, 0) is 0 Å². The Balaban J connectivity index is 2.02. The molecule has 3 aromatic rings. The van der Waals surface area contributed by atoms with Crippen LogP contribution in [0.1, 0.15) is 10.5 Å². The minimum absolute atomic E-state index is 0.0141. The van der Waals surface area contributed by atoms with Crippen molar-refractivity contribution in [3.63, 3.8) is 0 Å². The number of para-hydroxylation sites is 1. The van der Waals surface area contributed by atoms with Crippen LogP contribution in [0.2, 0.25) is 5.02 Å². The highest BCUT2D eigenvalue weighted by Gasteiger charge is 2.14. The van der Waals surface area contributed by atoms with E-state index in [1.807, 2.05) is 0 Å². The number of fused-ring (bicyclic) bond motifs is 1. The summed E-state index contributed by atoms with van der Waals surface area (Å²) in [5.74, 6) is -1.16. The number of nitrogens with zero attached hydrogens (tertiary/aromatic N) is 1. The maximum atomic E-state index is 13.1. The standard InChI is InChI=1S/C15H9ClFN3O2/c16-10-7-8(5-6-11(10)17)18-14(21)13-9-3-1-2-4-12(9)19-15(22)20-13/h1-7H,(H,18,21)(H,19,20,22). The molecule has 0 atom stereocenters. The number of H-pyrrole nitrogens is 1. The summed E-state index contributed by atoms with van der Waals surface area (Å²) in [4.78, 5) is 30.1. The fourth-order valence-corrected chi connectivity index (χ4v) is 2.22. The van der Waals surface area contributed by atoms with Gasteiger partial charge in [0.25, 0.3) is 5.91 Å². The summed E-state index contributed by atoms with van der Waals surface area (Å²) in [6.07, 6.45) is 0. The van der Waals surface area contributed by atoms with Crippen molar-refractivity contribution in [1.82, 2.24) is 9.97 Å². The van der Waals surface area contributed by atoms with Crippen LogP contribution in [-0.4, -0.2) is 15.9 Å². The molecule has 7 heteroatoms. The van der Waals surface area contributed by atoms with Crippen molar-refractivity contribution in [3.8, 4) is 0 Å². The zero-order valence-corrected chi connectivity index (χ0v) is 11.8. The van der Waals surface area contributed by atoms with Gasteiger partial charge < -0.3 is 10.3 Å². The van der Waals surface area contributed by atoms with E-state index in [1.54, 1.807) is 24.3 Å². The zero-order chi connectivity index (χ0) is 15.7. The Bertz CT molecular complexity index is 939. The van der Waals surface area contributed by atoms with E-state index in [4.69, 9.17) is 11.6 Å². The topological polar surface area (TPSA) is 74.8 Å². The Morgan fingerprint density at radius 1 is 1.23 bits per heavy atom. The van der Waals surface area contributed by atoms with E-state index >= 15 is 0 Å². The predicted octanol–water partition coefficient (Wildman–Crippen LogP) is 2.97. The van der Waals surface area contributed by atoms with Gasteiger partial charge in [0.05, 0.1) is 10.5 Å². The summed E-state index contributed by atoms with van der Waals surface area (Å²) in [7, 11) is 0. The van der Waals surface area contributed by atoms with Gasteiger partial charge in [-0.1, -0.05) is 29.8 Å². The number of rotatable bonds is 2. The third-order valence-electron chi connectivity index (χ3n) is 3.03. The lowest BCUT2D eigenvalue weighted by molar-refractivity contribution is 0.102. The minimum atomic E-state index is -0.624. The smallest absolute Gasteiger partial charge is 0.321 e. The van der Waals surface area contributed by atoms with Crippen LogP contribution in [0.4, 0.5) is 10.1 Å². The lowest BCUT2D eigenvalue weighted by Gasteiger charge is -2.07. The lowest BCUT2D eigenvalue weighted by Crippen LogP contribution is -2.21. The third kappa shape index (κ3) is 2.68. The Labute approximate surface area is 128 Å². The molecule has 5 nitrogen and oxygen atoms in total. The van der Waals surface area contributed by atoms with Crippen molar-refractivity contribution >= 4 is 34.1 Å². The van der Waals surface area contributed by atoms with Crippen molar-refractivity contribution in [2.45, 2.75) is 0 Å². The van der Waals surface area contributed by atoms with E-state index in [0.717, 1.165) is 6.07 Å². The van der Waals surface area contributed by atoms with Gasteiger partial charge >= 0.3 is 5.69 Å². The molecule has 0 radical (unpaired) electrons. The first-order chi connectivity index (χ1) is 10.5. The van der Waals surface area contributed by atoms with Crippen molar-refractivity contribution in [3.05, 3.63) is 69.5 Å². The molecule has 22 heavy (non-hydrogen) atoms. The summed E-state index contributed by atoms with van der Waals surface area (Å²) in [6.45, 7) is 0. The molecule has 110 valence electrons. The molecule has 0 aliphatic rings. The average molecular weight is 318 g/mol. The fraction of sp³-hybridized carbons (Fsp3) is 0. The van der Waals surface area contributed by atoms with Crippen LogP contribution in [0.25, 0.3) is 10.9 Å². The molecule has 0 fully saturated rings. The summed E-state index contributed by atoms with van der Waals surface area (Å²) in [6, 6.07) is 10.6. The molecule has 0 saturated carbocycles. The molecule has 0 spiro atoms. The van der Waals surface area contributed by atoms with Crippen LogP contribution in [0, 0.1) is 5.82 Å². The second-order valence-corrected chi connectivity index (χ2v) is 4.93. The molecule has 0 bridgehead atoms. The summed E-state index contributed by atoms with van der Waals surface area (Å²) in [5.41, 5.74) is 0.174. The quantitative estimate of drug-likeness (QED) is 0.763. The van der Waals surface area contributed by atoms with E-state index in [0.29, 0.717) is 16.6 Å². The van der Waals surface area contributed by atoms with Crippen LogP contribution >= 0.6 is 11.6 Å². The summed E-state index contributed by atoms with van der Waals surface area (Å²) in [5, 5.41) is 2.94. The van der Waals surface area contributed by atoms with Gasteiger partial charge in [0.15, 0.2) is 0 Å². The van der Waals surface area contributed by atoms with Crippen LogP contribution in [0.5, 0.6) is 0 Å². The fourth-order valence-electron chi connectivity index (χ4n) is 2.04. The molecule has 0 aliphatic heterocycles. The van der Waals surface area contributed by atoms with Crippen molar-refractivity contribution < 1.29 is 9.18 Å². The summed E-state index contributed by atoms with van der Waals surface area (Å²) >= 11 is 5.67. The van der Waals surface area contributed by atoms with E-state index in [9.17, 15) is 14.0 Å². The number of amides is 1. The SMILES string of the molecule is O=C(Nc1ccc(F)c(Cl)c1)c1nc(=O)[nH]c2ccccc12. The van der Waals surface area contributed by atoms with Crippen molar-refractivity contribution in [1.29, 1.82) is 0 Å². The van der Waals surface area contributed by atoms with E-state index < -0.39 is 17.4 Å². The lowest BCUT2D eigenvalue weighted by atomic mass is 10.2. The number of aromatic nitrogens is 2. The second-order valence-electron chi connectivity index (χ2n) is 4.52. The highest BCUT2D eigenvalue weighted by molar-refractivity contribution is 6.31. The molecular weight excluding hydrogens is 309 g/mol. The number of benzene rings is 2. The highest BCUT2D eigenvalue weighted by atomic mass is 35.5. The minimum Gasteiger partial charge on any atom is -0.321 e. The molecule has 1 aromatic heterocycles. The first-order valence-corrected chi connectivity index (χ1v) is 6.68. The average Bonchev–Trinajstić information content (AvgIpc) is 2.50. The molecule has 3 rings (SSSR count).